The van der Waals surface area contributed by atoms with Crippen LogP contribution in [0.1, 0.15) is 25.0 Å². The van der Waals surface area contributed by atoms with E-state index in [1.165, 1.54) is 49.4 Å². The van der Waals surface area contributed by atoms with Gasteiger partial charge in [-0.2, -0.15) is 0 Å². The largest absolute Gasteiger partial charge is 0.455 e. The van der Waals surface area contributed by atoms with Crippen LogP contribution in [0.2, 0.25) is 0 Å². The van der Waals surface area contributed by atoms with Gasteiger partial charge in [0.25, 0.3) is 0 Å². The number of aromatic nitrogens is 1. The molecule has 3 nitrogen and oxygen atoms in total. The normalized spacial score (nSPS) is 13.1. The Hall–Kier alpha value is -7.36. The van der Waals surface area contributed by atoms with Crippen LogP contribution in [0.25, 0.3) is 82.5 Å². The van der Waals surface area contributed by atoms with E-state index in [9.17, 15) is 0 Å². The first-order valence-corrected chi connectivity index (χ1v) is 20.1. The molecule has 0 bridgehead atoms. The zero-order valence-corrected chi connectivity index (χ0v) is 32.3. The van der Waals surface area contributed by atoms with Crippen LogP contribution in [0.15, 0.2) is 199 Å². The molecule has 11 aromatic rings. The van der Waals surface area contributed by atoms with Gasteiger partial charge in [0.1, 0.15) is 11.2 Å². The maximum Gasteiger partial charge on any atom is 0.143 e. The molecular weight excluding hydrogens is 705 g/mol. The van der Waals surface area contributed by atoms with E-state index in [4.69, 9.17) is 4.42 Å². The monoisotopic (exact) mass is 742 g/mol. The molecule has 0 fully saturated rings. The molecule has 0 aliphatic heterocycles. The smallest absolute Gasteiger partial charge is 0.143 e. The Morgan fingerprint density at radius 3 is 1.84 bits per heavy atom. The average molecular weight is 743 g/mol. The zero-order chi connectivity index (χ0) is 38.5. The van der Waals surface area contributed by atoms with Crippen LogP contribution in [0, 0.1) is 0 Å². The molecule has 0 N–H and O–H groups in total. The van der Waals surface area contributed by atoms with Crippen LogP contribution < -0.4 is 4.90 Å². The number of hydrogen-bond donors (Lipinski definition) is 0. The summed E-state index contributed by atoms with van der Waals surface area (Å²) in [7, 11) is 0. The quantitative estimate of drug-likeness (QED) is 0.175. The molecule has 274 valence electrons. The number of furan rings is 1. The number of rotatable bonds is 5. The van der Waals surface area contributed by atoms with Crippen molar-refractivity contribution in [3.8, 4) is 27.9 Å². The van der Waals surface area contributed by atoms with Gasteiger partial charge >= 0.3 is 0 Å². The van der Waals surface area contributed by atoms with Crippen molar-refractivity contribution in [1.82, 2.24) is 4.57 Å². The van der Waals surface area contributed by atoms with Crippen LogP contribution in [-0.4, -0.2) is 4.57 Å². The van der Waals surface area contributed by atoms with E-state index in [1.54, 1.807) is 0 Å². The summed E-state index contributed by atoms with van der Waals surface area (Å²) in [6.45, 7) is 4.75. The minimum absolute atomic E-state index is 0.236. The molecule has 2 aromatic heterocycles. The van der Waals surface area contributed by atoms with Gasteiger partial charge < -0.3 is 13.9 Å². The summed E-state index contributed by atoms with van der Waals surface area (Å²) in [5, 5.41) is 7.04. The average Bonchev–Trinajstić information content (AvgIpc) is 3.90. The van der Waals surface area contributed by atoms with E-state index in [2.05, 4.69) is 217 Å². The standard InChI is InChI=1S/C55H38N2O/c1-55(2)47-27-9-5-20-39(47)43-24-15-31-51(52(43)55)57(37-18-13-17-36(34-37)56-48-28-10-6-21-40(48)41-22-7-11-29-49(41)56)50-30-12-8-23-42(50)44-25-14-26-45-46-33-32-35-16-3-4-19-38(35)53(46)58-54(44)45/h3-34H,1-2H3. The molecule has 0 unspecified atom stereocenters. The number of para-hydroxylation sites is 4. The predicted molar refractivity (Wildman–Crippen MR) is 243 cm³/mol. The van der Waals surface area contributed by atoms with Crippen molar-refractivity contribution in [2.45, 2.75) is 19.3 Å². The van der Waals surface area contributed by atoms with E-state index >= 15 is 0 Å². The van der Waals surface area contributed by atoms with Gasteiger partial charge in [-0.1, -0.05) is 159 Å². The van der Waals surface area contributed by atoms with Crippen molar-refractivity contribution < 1.29 is 4.42 Å². The van der Waals surface area contributed by atoms with E-state index < -0.39 is 0 Å². The van der Waals surface area contributed by atoms with Crippen LogP contribution in [0.3, 0.4) is 0 Å². The second-order valence-electron chi connectivity index (χ2n) is 16.1. The van der Waals surface area contributed by atoms with Crippen molar-refractivity contribution in [2.24, 2.45) is 0 Å². The maximum absolute atomic E-state index is 6.97. The molecule has 0 saturated heterocycles. The summed E-state index contributed by atoms with van der Waals surface area (Å²) in [6.07, 6.45) is 0. The number of benzene rings is 9. The molecule has 0 saturated carbocycles. The Labute approximate surface area is 336 Å². The summed E-state index contributed by atoms with van der Waals surface area (Å²) >= 11 is 0. The molecule has 3 heteroatoms. The van der Waals surface area contributed by atoms with E-state index in [0.717, 1.165) is 61.2 Å². The van der Waals surface area contributed by atoms with Gasteiger partial charge in [0.2, 0.25) is 0 Å². The van der Waals surface area contributed by atoms with E-state index in [1.807, 2.05) is 0 Å². The number of nitrogens with zero attached hydrogens (tertiary/aromatic N) is 2. The summed E-state index contributed by atoms with van der Waals surface area (Å²) in [4.78, 5) is 2.50. The zero-order valence-electron chi connectivity index (χ0n) is 32.3. The topological polar surface area (TPSA) is 21.3 Å². The second kappa shape index (κ2) is 12.3. The van der Waals surface area contributed by atoms with Crippen molar-refractivity contribution in [1.29, 1.82) is 0 Å². The van der Waals surface area contributed by atoms with Gasteiger partial charge in [-0.05, 0) is 76.2 Å². The Kier molecular flexibility index (Phi) is 6.98. The van der Waals surface area contributed by atoms with Gasteiger partial charge in [0.15, 0.2) is 0 Å². The number of anilines is 3. The minimum atomic E-state index is -0.236. The molecule has 1 aliphatic carbocycles. The summed E-state index contributed by atoms with van der Waals surface area (Å²) in [5.41, 5.74) is 15.8. The third-order valence-corrected chi connectivity index (χ3v) is 12.5. The molecule has 58 heavy (non-hydrogen) atoms. The Morgan fingerprint density at radius 1 is 0.431 bits per heavy atom. The highest BCUT2D eigenvalue weighted by atomic mass is 16.3. The molecule has 9 aromatic carbocycles. The highest BCUT2D eigenvalue weighted by molar-refractivity contribution is 6.18. The highest BCUT2D eigenvalue weighted by Gasteiger charge is 2.39. The molecule has 0 spiro atoms. The van der Waals surface area contributed by atoms with Crippen LogP contribution >= 0.6 is 0 Å². The SMILES string of the molecule is CC1(C)c2ccccc2-c2cccc(N(c3cccc(-n4c5ccccc5c5ccccc54)c3)c3ccccc3-c3cccc4c3oc3c5ccccc5ccc43)c21. The Bertz CT molecular complexity index is 3400. The number of hydrogen-bond acceptors (Lipinski definition) is 2. The Balaban J connectivity index is 1.14. The molecule has 2 heterocycles. The lowest BCUT2D eigenvalue weighted by molar-refractivity contribution is 0.661. The lowest BCUT2D eigenvalue weighted by Crippen LogP contribution is -2.21. The van der Waals surface area contributed by atoms with Crippen LogP contribution in [0.5, 0.6) is 0 Å². The summed E-state index contributed by atoms with van der Waals surface area (Å²) in [5.74, 6) is 0. The fourth-order valence-corrected chi connectivity index (χ4v) is 10.0. The van der Waals surface area contributed by atoms with E-state index in [-0.39, 0.29) is 5.41 Å². The first-order chi connectivity index (χ1) is 28.6. The van der Waals surface area contributed by atoms with Crippen LogP contribution in [0.4, 0.5) is 17.1 Å². The maximum atomic E-state index is 6.97. The summed E-state index contributed by atoms with van der Waals surface area (Å²) < 4.78 is 9.38. The van der Waals surface area contributed by atoms with Gasteiger partial charge in [-0.15, -0.1) is 0 Å². The first kappa shape index (κ1) is 32.8. The highest BCUT2D eigenvalue weighted by Crippen LogP contribution is 2.55. The van der Waals surface area contributed by atoms with Crippen molar-refractivity contribution in [3.63, 3.8) is 0 Å². The van der Waals surface area contributed by atoms with Crippen LogP contribution in [-0.2, 0) is 5.41 Å². The molecule has 0 amide bonds. The molecule has 0 atom stereocenters. The lowest BCUT2D eigenvalue weighted by atomic mass is 9.81. The first-order valence-electron chi connectivity index (χ1n) is 20.1. The third kappa shape index (κ3) is 4.62. The predicted octanol–water partition coefficient (Wildman–Crippen LogP) is 15.3. The summed E-state index contributed by atoms with van der Waals surface area (Å²) in [6, 6.07) is 70.6. The second-order valence-corrected chi connectivity index (χ2v) is 16.1. The van der Waals surface area contributed by atoms with Gasteiger partial charge in [0.05, 0.1) is 22.4 Å². The van der Waals surface area contributed by atoms with Crippen molar-refractivity contribution >= 4 is 71.6 Å². The van der Waals surface area contributed by atoms with Crippen molar-refractivity contribution in [2.75, 3.05) is 4.90 Å². The van der Waals surface area contributed by atoms with Gasteiger partial charge in [0, 0.05) is 54.8 Å². The lowest BCUT2D eigenvalue weighted by Gasteiger charge is -2.33. The molecule has 12 rings (SSSR count). The molecule has 0 radical (unpaired) electrons. The minimum Gasteiger partial charge on any atom is -0.455 e. The fourth-order valence-electron chi connectivity index (χ4n) is 10.0. The molecule has 1 aliphatic rings. The fraction of sp³-hybridized carbons (Fsp3) is 0.0545. The third-order valence-electron chi connectivity index (χ3n) is 12.5. The van der Waals surface area contributed by atoms with Gasteiger partial charge in [-0.3, -0.25) is 0 Å². The van der Waals surface area contributed by atoms with E-state index in [0.29, 0.717) is 0 Å². The number of fused-ring (bicyclic) bond motifs is 11. The molecular formula is C55H38N2O. The van der Waals surface area contributed by atoms with Gasteiger partial charge in [-0.25, -0.2) is 0 Å². The Morgan fingerprint density at radius 2 is 1.02 bits per heavy atom. The van der Waals surface area contributed by atoms with Crippen molar-refractivity contribution in [3.05, 3.63) is 205 Å².